The summed E-state index contributed by atoms with van der Waals surface area (Å²) in [5.41, 5.74) is 2.88. The van der Waals surface area contributed by atoms with E-state index in [-0.39, 0.29) is 10.8 Å². The van der Waals surface area contributed by atoms with Gasteiger partial charge in [-0.05, 0) is 55.4 Å². The fraction of sp³-hybridized carbons (Fsp3) is 0.458. The van der Waals surface area contributed by atoms with Gasteiger partial charge in [-0.2, -0.15) is 4.31 Å². The van der Waals surface area contributed by atoms with Gasteiger partial charge in [-0.3, -0.25) is 4.79 Å². The first-order valence-electron chi connectivity index (χ1n) is 11.4. The Morgan fingerprint density at radius 2 is 1.55 bits per heavy atom. The highest BCUT2D eigenvalue weighted by Crippen LogP contribution is 2.20. The third kappa shape index (κ3) is 6.11. The summed E-state index contributed by atoms with van der Waals surface area (Å²) in [6, 6.07) is 14.8. The molecule has 2 aromatic rings. The summed E-state index contributed by atoms with van der Waals surface area (Å²) in [5, 5.41) is 2.95. The summed E-state index contributed by atoms with van der Waals surface area (Å²) in [7, 11) is -1.36. The number of nitrogens with one attached hydrogen (secondary N) is 1. The number of likely N-dealkylation sites (N-methyl/N-ethyl adjacent to an activating group) is 1. The second-order valence-electron chi connectivity index (χ2n) is 8.55. The van der Waals surface area contributed by atoms with Crippen molar-refractivity contribution in [1.29, 1.82) is 0 Å². The van der Waals surface area contributed by atoms with E-state index in [0.29, 0.717) is 39.1 Å². The zero-order valence-corrected chi connectivity index (χ0v) is 19.9. The van der Waals surface area contributed by atoms with Crippen molar-refractivity contribution in [2.45, 2.75) is 17.7 Å². The van der Waals surface area contributed by atoms with Crippen molar-refractivity contribution in [3.8, 4) is 0 Å². The summed E-state index contributed by atoms with van der Waals surface area (Å²) in [5.74, 6) is -0.0626. The SMILES string of the molecule is CN1CCN(c2ccc(NC(=O)CCc3ccc(S(=O)(=O)N4CCOCC4)cc3)cc2)CC1. The number of anilines is 2. The van der Waals surface area contributed by atoms with E-state index < -0.39 is 10.0 Å². The molecule has 0 atom stereocenters. The molecule has 1 N–H and O–H groups in total. The summed E-state index contributed by atoms with van der Waals surface area (Å²) in [4.78, 5) is 17.4. The number of hydrogen-bond acceptors (Lipinski definition) is 6. The third-order valence-corrected chi connectivity index (χ3v) is 8.10. The highest BCUT2D eigenvalue weighted by atomic mass is 32.2. The van der Waals surface area contributed by atoms with Gasteiger partial charge in [0.05, 0.1) is 18.1 Å². The topological polar surface area (TPSA) is 82.2 Å². The standard InChI is InChI=1S/C24H32N4O4S/c1-26-12-14-27(15-13-26)22-7-5-21(6-8-22)25-24(29)11-4-20-2-9-23(10-3-20)33(30,31)28-16-18-32-19-17-28/h2-3,5-10H,4,11-19H2,1H3,(H,25,29). The van der Waals surface area contributed by atoms with Crippen LogP contribution in [-0.4, -0.2) is 83.1 Å². The van der Waals surface area contributed by atoms with Crippen molar-refractivity contribution in [2.75, 3.05) is 69.7 Å². The lowest BCUT2D eigenvalue weighted by Gasteiger charge is -2.34. The lowest BCUT2D eigenvalue weighted by atomic mass is 10.1. The van der Waals surface area contributed by atoms with E-state index in [1.165, 1.54) is 9.99 Å². The molecule has 178 valence electrons. The van der Waals surface area contributed by atoms with Crippen LogP contribution in [0.4, 0.5) is 11.4 Å². The second kappa shape index (κ2) is 10.6. The van der Waals surface area contributed by atoms with Crippen molar-refractivity contribution in [1.82, 2.24) is 9.21 Å². The molecular weight excluding hydrogens is 440 g/mol. The number of hydrogen-bond donors (Lipinski definition) is 1. The van der Waals surface area contributed by atoms with Crippen molar-refractivity contribution in [2.24, 2.45) is 0 Å². The summed E-state index contributed by atoms with van der Waals surface area (Å²) < 4.78 is 32.1. The van der Waals surface area contributed by atoms with Crippen molar-refractivity contribution in [3.05, 3.63) is 54.1 Å². The molecule has 0 spiro atoms. The molecule has 0 radical (unpaired) electrons. The number of benzene rings is 2. The molecule has 0 unspecified atom stereocenters. The molecule has 1 amide bonds. The molecule has 2 saturated heterocycles. The predicted molar refractivity (Wildman–Crippen MR) is 129 cm³/mol. The van der Waals surface area contributed by atoms with E-state index in [2.05, 4.69) is 34.3 Å². The number of amides is 1. The Labute approximate surface area is 196 Å². The van der Waals surface area contributed by atoms with E-state index in [1.807, 2.05) is 12.1 Å². The van der Waals surface area contributed by atoms with Crippen molar-refractivity contribution < 1.29 is 17.9 Å². The molecule has 2 aromatic carbocycles. The Hall–Kier alpha value is -2.46. The Morgan fingerprint density at radius 3 is 2.18 bits per heavy atom. The van der Waals surface area contributed by atoms with E-state index in [1.54, 1.807) is 24.3 Å². The van der Waals surface area contributed by atoms with Crippen LogP contribution in [0.15, 0.2) is 53.4 Å². The van der Waals surface area contributed by atoms with Crippen LogP contribution in [0.3, 0.4) is 0 Å². The first kappa shape index (κ1) is 23.7. The minimum Gasteiger partial charge on any atom is -0.379 e. The van der Waals surface area contributed by atoms with E-state index in [4.69, 9.17) is 4.74 Å². The van der Waals surface area contributed by atoms with Gasteiger partial charge in [0.25, 0.3) is 0 Å². The zero-order chi connectivity index (χ0) is 23.3. The molecule has 9 heteroatoms. The maximum atomic E-state index is 12.7. The quantitative estimate of drug-likeness (QED) is 0.664. The van der Waals surface area contributed by atoms with Crippen LogP contribution in [0, 0.1) is 0 Å². The van der Waals surface area contributed by atoms with E-state index >= 15 is 0 Å². The molecule has 0 saturated carbocycles. The van der Waals surface area contributed by atoms with Gasteiger partial charge in [0.2, 0.25) is 15.9 Å². The number of nitrogens with zero attached hydrogens (tertiary/aromatic N) is 3. The number of morpholine rings is 1. The van der Waals surface area contributed by atoms with Crippen LogP contribution >= 0.6 is 0 Å². The Kier molecular flexibility index (Phi) is 7.64. The number of carbonyl (C=O) groups excluding carboxylic acids is 1. The maximum absolute atomic E-state index is 12.7. The number of rotatable bonds is 7. The van der Waals surface area contributed by atoms with Gasteiger partial charge in [0, 0.05) is 57.1 Å². The maximum Gasteiger partial charge on any atom is 0.243 e. The largest absolute Gasteiger partial charge is 0.379 e. The van der Waals surface area contributed by atoms with E-state index in [9.17, 15) is 13.2 Å². The fourth-order valence-corrected chi connectivity index (χ4v) is 5.47. The molecule has 2 aliphatic rings. The number of sulfonamides is 1. The summed E-state index contributed by atoms with van der Waals surface area (Å²) >= 11 is 0. The molecule has 2 fully saturated rings. The number of aryl methyl sites for hydroxylation is 1. The average Bonchev–Trinajstić information content (AvgIpc) is 2.85. The van der Waals surface area contributed by atoms with Crippen molar-refractivity contribution >= 4 is 27.3 Å². The van der Waals surface area contributed by atoms with Gasteiger partial charge in [0.15, 0.2) is 0 Å². The minimum absolute atomic E-state index is 0.0626. The lowest BCUT2D eigenvalue weighted by molar-refractivity contribution is -0.116. The van der Waals surface area contributed by atoms with Crippen molar-refractivity contribution in [3.63, 3.8) is 0 Å². The van der Waals surface area contributed by atoms with Gasteiger partial charge in [-0.1, -0.05) is 12.1 Å². The molecule has 0 aliphatic carbocycles. The third-order valence-electron chi connectivity index (χ3n) is 6.19. The Bertz CT molecular complexity index is 1030. The molecule has 8 nitrogen and oxygen atoms in total. The smallest absolute Gasteiger partial charge is 0.243 e. The zero-order valence-electron chi connectivity index (χ0n) is 19.1. The second-order valence-corrected chi connectivity index (χ2v) is 10.5. The fourth-order valence-electron chi connectivity index (χ4n) is 4.07. The molecule has 2 aliphatic heterocycles. The van der Waals surface area contributed by atoms with Crippen LogP contribution in [0.2, 0.25) is 0 Å². The van der Waals surface area contributed by atoms with E-state index in [0.717, 1.165) is 37.4 Å². The molecule has 0 aromatic heterocycles. The number of ether oxygens (including phenoxy) is 1. The van der Waals surface area contributed by atoms with Crippen LogP contribution in [0.5, 0.6) is 0 Å². The monoisotopic (exact) mass is 472 g/mol. The van der Waals surface area contributed by atoms with Gasteiger partial charge >= 0.3 is 0 Å². The summed E-state index contributed by atoms with van der Waals surface area (Å²) in [6.45, 7) is 5.72. The first-order chi connectivity index (χ1) is 15.9. The number of piperazine rings is 1. The van der Waals surface area contributed by atoms with Gasteiger partial charge in [-0.25, -0.2) is 8.42 Å². The molecular formula is C24H32N4O4S. The average molecular weight is 473 g/mol. The summed E-state index contributed by atoms with van der Waals surface area (Å²) in [6.07, 6.45) is 0.874. The molecule has 0 bridgehead atoms. The van der Waals surface area contributed by atoms with Crippen LogP contribution in [-0.2, 0) is 26.0 Å². The van der Waals surface area contributed by atoms with Crippen LogP contribution in [0.25, 0.3) is 0 Å². The Morgan fingerprint density at radius 1 is 0.909 bits per heavy atom. The molecule has 33 heavy (non-hydrogen) atoms. The predicted octanol–water partition coefficient (Wildman–Crippen LogP) is 2.03. The minimum atomic E-state index is -3.50. The van der Waals surface area contributed by atoms with Gasteiger partial charge in [-0.15, -0.1) is 0 Å². The van der Waals surface area contributed by atoms with Gasteiger partial charge in [0.1, 0.15) is 0 Å². The highest BCUT2D eigenvalue weighted by Gasteiger charge is 2.26. The number of carbonyl (C=O) groups is 1. The normalized spacial score (nSPS) is 18.3. The Balaban J connectivity index is 1.26. The molecule has 2 heterocycles. The van der Waals surface area contributed by atoms with Crippen LogP contribution in [0.1, 0.15) is 12.0 Å². The van der Waals surface area contributed by atoms with Crippen LogP contribution < -0.4 is 10.2 Å². The van der Waals surface area contributed by atoms with Gasteiger partial charge < -0.3 is 19.9 Å². The lowest BCUT2D eigenvalue weighted by Crippen LogP contribution is -2.44. The first-order valence-corrected chi connectivity index (χ1v) is 12.9. The highest BCUT2D eigenvalue weighted by molar-refractivity contribution is 7.89. The molecule has 4 rings (SSSR count).